The van der Waals surface area contributed by atoms with Crippen molar-refractivity contribution < 1.29 is 19.0 Å². The Hall–Kier alpha value is -2.33. The Morgan fingerprint density at radius 2 is 2.10 bits per heavy atom. The van der Waals surface area contributed by atoms with Crippen molar-refractivity contribution in [1.82, 2.24) is 0 Å². The number of carbonyl (C=O) groups is 1. The normalized spacial score (nSPS) is 10.8. The molecule has 21 heavy (non-hydrogen) atoms. The largest absolute Gasteiger partial charge is 0.489 e. The van der Waals surface area contributed by atoms with E-state index in [4.69, 9.17) is 21.4 Å². The van der Waals surface area contributed by atoms with Crippen molar-refractivity contribution in [2.45, 2.75) is 6.61 Å². The summed E-state index contributed by atoms with van der Waals surface area (Å²) in [6.45, 7) is 0.231. The van der Waals surface area contributed by atoms with Crippen LogP contribution in [0.15, 0.2) is 48.5 Å². The van der Waals surface area contributed by atoms with Crippen LogP contribution < -0.4 is 4.74 Å². The average molecular weight is 307 g/mol. The zero-order chi connectivity index (χ0) is 15.2. The molecular formula is C16H12ClFO3. The number of rotatable bonds is 5. The van der Waals surface area contributed by atoms with E-state index in [0.29, 0.717) is 10.8 Å². The van der Waals surface area contributed by atoms with Crippen molar-refractivity contribution in [3.8, 4) is 5.75 Å². The summed E-state index contributed by atoms with van der Waals surface area (Å²) >= 11 is 5.85. The van der Waals surface area contributed by atoms with Gasteiger partial charge in [0.05, 0.1) is 0 Å². The third-order valence-electron chi connectivity index (χ3n) is 2.67. The van der Waals surface area contributed by atoms with Gasteiger partial charge in [0, 0.05) is 16.7 Å². The molecule has 2 rings (SSSR count). The van der Waals surface area contributed by atoms with E-state index in [1.807, 2.05) is 0 Å². The quantitative estimate of drug-likeness (QED) is 0.844. The highest BCUT2D eigenvalue weighted by Crippen LogP contribution is 2.19. The summed E-state index contributed by atoms with van der Waals surface area (Å²) in [5, 5.41) is 9.13. The maximum Gasteiger partial charge on any atom is 0.328 e. The molecule has 0 unspecified atom stereocenters. The molecule has 0 aromatic heterocycles. The van der Waals surface area contributed by atoms with E-state index in [1.165, 1.54) is 12.1 Å². The number of carboxylic acids is 1. The van der Waals surface area contributed by atoms with Crippen LogP contribution in [0.25, 0.3) is 6.08 Å². The van der Waals surface area contributed by atoms with Crippen LogP contribution in [0, 0.1) is 5.82 Å². The number of benzene rings is 2. The molecule has 1 N–H and O–H groups in total. The number of carboxylic acid groups (broad SMARTS) is 1. The molecule has 0 aliphatic carbocycles. The first-order valence-corrected chi connectivity index (χ1v) is 6.50. The van der Waals surface area contributed by atoms with Gasteiger partial charge < -0.3 is 9.84 Å². The summed E-state index contributed by atoms with van der Waals surface area (Å²) in [4.78, 5) is 10.5. The van der Waals surface area contributed by atoms with Gasteiger partial charge in [-0.15, -0.1) is 0 Å². The van der Waals surface area contributed by atoms with Crippen molar-refractivity contribution in [3.63, 3.8) is 0 Å². The molecule has 2 aromatic rings. The predicted molar refractivity (Wildman–Crippen MR) is 78.9 cm³/mol. The van der Waals surface area contributed by atoms with E-state index < -0.39 is 11.8 Å². The molecule has 0 atom stereocenters. The molecule has 3 nitrogen and oxygen atoms in total. The summed E-state index contributed by atoms with van der Waals surface area (Å²) in [5.41, 5.74) is 0.922. The molecule has 0 amide bonds. The van der Waals surface area contributed by atoms with Crippen LogP contribution in [0.2, 0.25) is 5.02 Å². The first-order chi connectivity index (χ1) is 10.0. The number of hydrogen-bond acceptors (Lipinski definition) is 2. The number of hydrogen-bond donors (Lipinski definition) is 1. The van der Waals surface area contributed by atoms with Crippen molar-refractivity contribution in [3.05, 3.63) is 70.5 Å². The number of ether oxygens (including phenoxy) is 1. The summed E-state index contributed by atoms with van der Waals surface area (Å²) < 4.78 is 19.1. The van der Waals surface area contributed by atoms with Gasteiger partial charge in [0.15, 0.2) is 0 Å². The fraction of sp³-hybridized carbons (Fsp3) is 0.0625. The summed E-state index contributed by atoms with van der Waals surface area (Å²) in [6, 6.07) is 11.3. The third-order valence-corrected chi connectivity index (χ3v) is 2.90. The van der Waals surface area contributed by atoms with Gasteiger partial charge in [-0.1, -0.05) is 23.7 Å². The molecule has 0 saturated heterocycles. The standard InChI is InChI=1S/C16H12ClFO3/c17-13-2-1-3-14(9-13)21-10-11-4-6-15(18)12(8-11)5-7-16(19)20/h1-9H,10H2,(H,19,20). The van der Waals surface area contributed by atoms with Gasteiger partial charge in [0.2, 0.25) is 0 Å². The SMILES string of the molecule is O=C(O)C=Cc1cc(COc2cccc(Cl)c2)ccc1F. The van der Waals surface area contributed by atoms with Crippen LogP contribution >= 0.6 is 11.6 Å². The Morgan fingerprint density at radius 1 is 1.29 bits per heavy atom. The highest BCUT2D eigenvalue weighted by atomic mass is 35.5. The predicted octanol–water partition coefficient (Wildman–Crippen LogP) is 4.16. The molecule has 0 bridgehead atoms. The van der Waals surface area contributed by atoms with Gasteiger partial charge in [0.1, 0.15) is 18.2 Å². The minimum Gasteiger partial charge on any atom is -0.489 e. The molecule has 0 radical (unpaired) electrons. The summed E-state index contributed by atoms with van der Waals surface area (Å²) in [7, 11) is 0. The minimum atomic E-state index is -1.13. The van der Waals surface area contributed by atoms with Gasteiger partial charge in [-0.25, -0.2) is 9.18 Å². The van der Waals surface area contributed by atoms with E-state index in [2.05, 4.69) is 0 Å². The lowest BCUT2D eigenvalue weighted by atomic mass is 10.1. The zero-order valence-electron chi connectivity index (χ0n) is 10.9. The fourth-order valence-electron chi connectivity index (χ4n) is 1.70. The highest BCUT2D eigenvalue weighted by molar-refractivity contribution is 6.30. The topological polar surface area (TPSA) is 46.5 Å². The van der Waals surface area contributed by atoms with Crippen molar-refractivity contribution in [1.29, 1.82) is 0 Å². The maximum absolute atomic E-state index is 13.5. The van der Waals surface area contributed by atoms with Gasteiger partial charge in [-0.05, 0) is 42.0 Å². The summed E-state index contributed by atoms with van der Waals surface area (Å²) in [5.74, 6) is -1.01. The van der Waals surface area contributed by atoms with Gasteiger partial charge in [-0.2, -0.15) is 0 Å². The fourth-order valence-corrected chi connectivity index (χ4v) is 1.88. The Kier molecular flexibility index (Phi) is 4.95. The van der Waals surface area contributed by atoms with Crippen molar-refractivity contribution in [2.24, 2.45) is 0 Å². The van der Waals surface area contributed by atoms with E-state index in [9.17, 15) is 9.18 Å². The lowest BCUT2D eigenvalue weighted by Gasteiger charge is -2.07. The van der Waals surface area contributed by atoms with Crippen LogP contribution in [0.1, 0.15) is 11.1 Å². The van der Waals surface area contributed by atoms with E-state index in [0.717, 1.165) is 11.6 Å². The minimum absolute atomic E-state index is 0.199. The van der Waals surface area contributed by atoms with E-state index >= 15 is 0 Å². The Bertz CT molecular complexity index is 683. The lowest BCUT2D eigenvalue weighted by molar-refractivity contribution is -0.131. The average Bonchev–Trinajstić information content (AvgIpc) is 2.45. The Balaban J connectivity index is 2.10. The van der Waals surface area contributed by atoms with Crippen molar-refractivity contribution in [2.75, 3.05) is 0 Å². The van der Waals surface area contributed by atoms with Crippen LogP contribution in [0.3, 0.4) is 0 Å². The molecule has 0 saturated carbocycles. The molecule has 5 heteroatoms. The van der Waals surface area contributed by atoms with Crippen molar-refractivity contribution >= 4 is 23.6 Å². The van der Waals surface area contributed by atoms with Crippen LogP contribution in [-0.2, 0) is 11.4 Å². The second-order valence-corrected chi connectivity index (χ2v) is 4.71. The van der Waals surface area contributed by atoms with Crippen LogP contribution in [0.5, 0.6) is 5.75 Å². The second kappa shape index (κ2) is 6.90. The van der Waals surface area contributed by atoms with Crippen LogP contribution in [-0.4, -0.2) is 11.1 Å². The molecule has 0 aliphatic heterocycles. The van der Waals surface area contributed by atoms with Gasteiger partial charge in [-0.3, -0.25) is 0 Å². The van der Waals surface area contributed by atoms with E-state index in [1.54, 1.807) is 36.4 Å². The maximum atomic E-state index is 13.5. The first kappa shape index (κ1) is 15.1. The molecule has 0 aliphatic rings. The highest BCUT2D eigenvalue weighted by Gasteiger charge is 2.03. The van der Waals surface area contributed by atoms with Crippen LogP contribution in [0.4, 0.5) is 4.39 Å². The lowest BCUT2D eigenvalue weighted by Crippen LogP contribution is -1.97. The second-order valence-electron chi connectivity index (χ2n) is 4.27. The monoisotopic (exact) mass is 306 g/mol. The molecule has 2 aromatic carbocycles. The number of halogens is 2. The number of aliphatic carboxylic acids is 1. The molecule has 0 heterocycles. The van der Waals surface area contributed by atoms with Gasteiger partial charge >= 0.3 is 5.97 Å². The molecule has 0 fully saturated rings. The smallest absolute Gasteiger partial charge is 0.328 e. The van der Waals surface area contributed by atoms with E-state index in [-0.39, 0.29) is 12.2 Å². The molecule has 0 spiro atoms. The molecular weight excluding hydrogens is 295 g/mol. The zero-order valence-corrected chi connectivity index (χ0v) is 11.7. The Labute approximate surface area is 126 Å². The Morgan fingerprint density at radius 3 is 2.81 bits per heavy atom. The third kappa shape index (κ3) is 4.61. The first-order valence-electron chi connectivity index (χ1n) is 6.12. The van der Waals surface area contributed by atoms with Gasteiger partial charge in [0.25, 0.3) is 0 Å². The molecule has 108 valence electrons. The summed E-state index contributed by atoms with van der Waals surface area (Å²) in [6.07, 6.45) is 2.10.